The number of hydrogen-bond acceptors (Lipinski definition) is 2. The Kier molecular flexibility index (Phi) is 2.03. The van der Waals surface area contributed by atoms with E-state index in [-0.39, 0.29) is 5.91 Å². The van der Waals surface area contributed by atoms with Crippen LogP contribution < -0.4 is 10.1 Å². The number of para-hydroxylation sites is 1. The Labute approximate surface area is 90.6 Å². The van der Waals surface area contributed by atoms with Gasteiger partial charge in [0.2, 0.25) is 0 Å². The van der Waals surface area contributed by atoms with Crippen LogP contribution in [0.1, 0.15) is 13.8 Å². The first kappa shape index (κ1) is 9.52. The number of nitrogens with one attached hydrogen (secondary N) is 1. The normalized spacial score (nSPS) is 18.1. The number of benzene rings is 1. The Morgan fingerprint density at radius 3 is 2.86 bits per heavy atom. The molecule has 3 nitrogen and oxygen atoms in total. The van der Waals surface area contributed by atoms with Gasteiger partial charge in [-0.2, -0.15) is 0 Å². The third-order valence-corrected chi connectivity index (χ3v) is 2.74. The second kappa shape index (κ2) is 2.98. The highest BCUT2D eigenvalue weighted by Crippen LogP contribution is 2.39. The van der Waals surface area contributed by atoms with Gasteiger partial charge >= 0.3 is 0 Å². The second-order valence-corrected chi connectivity index (χ2v) is 4.54. The van der Waals surface area contributed by atoms with Crippen molar-refractivity contribution in [2.45, 2.75) is 19.4 Å². The van der Waals surface area contributed by atoms with Crippen molar-refractivity contribution >= 4 is 27.5 Å². The molecule has 1 aromatic carbocycles. The quantitative estimate of drug-likeness (QED) is 0.774. The van der Waals surface area contributed by atoms with E-state index in [4.69, 9.17) is 4.74 Å². The van der Waals surface area contributed by atoms with Crippen LogP contribution in [0.4, 0.5) is 5.69 Å². The van der Waals surface area contributed by atoms with Crippen LogP contribution in [0.25, 0.3) is 0 Å². The average Bonchev–Trinajstić information content (AvgIpc) is 2.09. The standard InChI is InChI=1S/C10H10BrNO2/c1-10(2)9(13)12-7-5-3-4-6(11)8(7)14-10/h3-5H,1-2H3,(H,12,13). The summed E-state index contributed by atoms with van der Waals surface area (Å²) in [6.45, 7) is 3.48. The van der Waals surface area contributed by atoms with Gasteiger partial charge in [-0.1, -0.05) is 6.07 Å². The second-order valence-electron chi connectivity index (χ2n) is 3.68. The molecule has 14 heavy (non-hydrogen) atoms. The van der Waals surface area contributed by atoms with Crippen molar-refractivity contribution in [1.82, 2.24) is 0 Å². The predicted molar refractivity (Wildman–Crippen MR) is 57.5 cm³/mol. The molecular formula is C10H10BrNO2. The van der Waals surface area contributed by atoms with Gasteiger partial charge in [0.15, 0.2) is 11.4 Å². The van der Waals surface area contributed by atoms with Gasteiger partial charge in [-0.3, -0.25) is 4.79 Å². The molecule has 1 aliphatic rings. The molecule has 0 fully saturated rings. The van der Waals surface area contributed by atoms with E-state index in [1.165, 1.54) is 0 Å². The number of hydrogen-bond donors (Lipinski definition) is 1. The van der Waals surface area contributed by atoms with E-state index in [1.54, 1.807) is 13.8 Å². The fraction of sp³-hybridized carbons (Fsp3) is 0.300. The topological polar surface area (TPSA) is 38.3 Å². The van der Waals surface area contributed by atoms with Crippen molar-refractivity contribution in [3.63, 3.8) is 0 Å². The minimum absolute atomic E-state index is 0.122. The van der Waals surface area contributed by atoms with Crippen molar-refractivity contribution in [3.05, 3.63) is 22.7 Å². The van der Waals surface area contributed by atoms with Crippen LogP contribution in [0, 0.1) is 0 Å². The number of halogens is 1. The zero-order chi connectivity index (χ0) is 10.3. The van der Waals surface area contributed by atoms with Crippen LogP contribution in [0.2, 0.25) is 0 Å². The Hall–Kier alpha value is -1.03. The van der Waals surface area contributed by atoms with Gasteiger partial charge in [0.1, 0.15) is 0 Å². The van der Waals surface area contributed by atoms with E-state index < -0.39 is 5.60 Å². The molecule has 1 aliphatic heterocycles. The molecule has 0 unspecified atom stereocenters. The molecule has 0 saturated heterocycles. The monoisotopic (exact) mass is 255 g/mol. The maximum absolute atomic E-state index is 11.5. The maximum Gasteiger partial charge on any atom is 0.268 e. The highest BCUT2D eigenvalue weighted by atomic mass is 79.9. The molecule has 1 N–H and O–H groups in total. The molecule has 0 aliphatic carbocycles. The van der Waals surface area contributed by atoms with Crippen molar-refractivity contribution in [1.29, 1.82) is 0 Å². The highest BCUT2D eigenvalue weighted by Gasteiger charge is 2.36. The first-order valence-corrected chi connectivity index (χ1v) is 5.09. The van der Waals surface area contributed by atoms with Gasteiger partial charge in [-0.25, -0.2) is 0 Å². The van der Waals surface area contributed by atoms with Crippen LogP contribution in [0.3, 0.4) is 0 Å². The molecule has 0 radical (unpaired) electrons. The SMILES string of the molecule is CC1(C)Oc2c(Br)cccc2NC1=O. The summed E-state index contributed by atoms with van der Waals surface area (Å²) in [6, 6.07) is 5.55. The van der Waals surface area contributed by atoms with E-state index in [0.29, 0.717) is 11.4 Å². The Morgan fingerprint density at radius 2 is 2.14 bits per heavy atom. The van der Waals surface area contributed by atoms with E-state index in [1.807, 2.05) is 18.2 Å². The zero-order valence-corrected chi connectivity index (χ0v) is 9.51. The minimum atomic E-state index is -0.809. The van der Waals surface area contributed by atoms with Crippen molar-refractivity contribution in [3.8, 4) is 5.75 Å². The summed E-state index contributed by atoms with van der Waals surface area (Å²) < 4.78 is 6.45. The van der Waals surface area contributed by atoms with Crippen LogP contribution in [-0.4, -0.2) is 11.5 Å². The molecular weight excluding hydrogens is 246 g/mol. The molecule has 1 aromatic rings. The first-order valence-electron chi connectivity index (χ1n) is 4.30. The summed E-state index contributed by atoms with van der Waals surface area (Å²) >= 11 is 3.38. The number of carbonyl (C=O) groups is 1. The lowest BCUT2D eigenvalue weighted by atomic mass is 10.1. The fourth-order valence-electron chi connectivity index (χ4n) is 1.29. The Morgan fingerprint density at radius 1 is 1.43 bits per heavy atom. The van der Waals surface area contributed by atoms with Crippen molar-refractivity contribution in [2.24, 2.45) is 0 Å². The largest absolute Gasteiger partial charge is 0.475 e. The molecule has 0 saturated carbocycles. The molecule has 2 rings (SSSR count). The summed E-state index contributed by atoms with van der Waals surface area (Å²) in [5, 5.41) is 2.80. The predicted octanol–water partition coefficient (Wildman–Crippen LogP) is 2.56. The fourth-order valence-corrected chi connectivity index (χ4v) is 1.73. The smallest absolute Gasteiger partial charge is 0.268 e. The number of anilines is 1. The number of rotatable bonds is 0. The summed E-state index contributed by atoms with van der Waals surface area (Å²) in [7, 11) is 0. The molecule has 74 valence electrons. The lowest BCUT2D eigenvalue weighted by Gasteiger charge is -2.32. The molecule has 0 bridgehead atoms. The van der Waals surface area contributed by atoms with Gasteiger partial charge in [-0.15, -0.1) is 0 Å². The van der Waals surface area contributed by atoms with Gasteiger partial charge in [-0.05, 0) is 41.9 Å². The van der Waals surface area contributed by atoms with E-state index >= 15 is 0 Å². The lowest BCUT2D eigenvalue weighted by Crippen LogP contribution is -2.45. The third kappa shape index (κ3) is 1.39. The summed E-state index contributed by atoms with van der Waals surface area (Å²) in [4.78, 5) is 11.5. The lowest BCUT2D eigenvalue weighted by molar-refractivity contribution is -0.129. The number of fused-ring (bicyclic) bond motifs is 1. The van der Waals surface area contributed by atoms with Gasteiger partial charge in [0.05, 0.1) is 10.2 Å². The molecule has 0 atom stereocenters. The first-order chi connectivity index (χ1) is 6.50. The van der Waals surface area contributed by atoms with Crippen molar-refractivity contribution < 1.29 is 9.53 Å². The maximum atomic E-state index is 11.5. The van der Waals surface area contributed by atoms with Crippen LogP contribution in [-0.2, 0) is 4.79 Å². The highest BCUT2D eigenvalue weighted by molar-refractivity contribution is 9.10. The number of ether oxygens (including phenoxy) is 1. The van der Waals surface area contributed by atoms with Crippen LogP contribution in [0.5, 0.6) is 5.75 Å². The number of amides is 1. The van der Waals surface area contributed by atoms with Gasteiger partial charge in [0.25, 0.3) is 5.91 Å². The number of carbonyl (C=O) groups excluding carboxylic acids is 1. The van der Waals surface area contributed by atoms with E-state index in [2.05, 4.69) is 21.2 Å². The van der Waals surface area contributed by atoms with E-state index in [0.717, 1.165) is 4.47 Å². The van der Waals surface area contributed by atoms with Crippen LogP contribution >= 0.6 is 15.9 Å². The Balaban J connectivity index is 2.51. The van der Waals surface area contributed by atoms with Gasteiger partial charge < -0.3 is 10.1 Å². The minimum Gasteiger partial charge on any atom is -0.475 e. The van der Waals surface area contributed by atoms with Gasteiger partial charge in [0, 0.05) is 0 Å². The molecule has 0 aromatic heterocycles. The molecule has 1 amide bonds. The Bertz CT molecular complexity index is 401. The van der Waals surface area contributed by atoms with Crippen molar-refractivity contribution in [2.75, 3.05) is 5.32 Å². The third-order valence-electron chi connectivity index (χ3n) is 2.12. The summed E-state index contributed by atoms with van der Waals surface area (Å²) in [6.07, 6.45) is 0. The van der Waals surface area contributed by atoms with Crippen LogP contribution in [0.15, 0.2) is 22.7 Å². The summed E-state index contributed by atoms with van der Waals surface area (Å²) in [5.41, 5.74) is -0.0969. The average molecular weight is 256 g/mol. The molecule has 1 heterocycles. The zero-order valence-electron chi connectivity index (χ0n) is 7.93. The summed E-state index contributed by atoms with van der Waals surface area (Å²) in [5.74, 6) is 0.570. The van der Waals surface area contributed by atoms with E-state index in [9.17, 15) is 4.79 Å². The molecule has 0 spiro atoms. The molecule has 4 heteroatoms.